The molecule has 2 aromatic rings. The zero-order valence-electron chi connectivity index (χ0n) is 17.4. The molecule has 2 aromatic carbocycles. The fourth-order valence-corrected chi connectivity index (χ4v) is 2.94. The summed E-state index contributed by atoms with van der Waals surface area (Å²) in [6.45, 7) is 3.93. The van der Waals surface area contributed by atoms with Gasteiger partial charge in [0.25, 0.3) is 0 Å². The highest BCUT2D eigenvalue weighted by Gasteiger charge is 2.23. The molecule has 0 spiro atoms. The summed E-state index contributed by atoms with van der Waals surface area (Å²) >= 11 is 5.57. The minimum Gasteiger partial charge on any atom is -0.491 e. The Kier molecular flexibility index (Phi) is 9.85. The molecular weight excluding hydrogens is 410 g/mol. The van der Waals surface area contributed by atoms with Crippen LogP contribution in [-0.4, -0.2) is 61.4 Å². The topological polar surface area (TPSA) is 68.2 Å². The fourth-order valence-electron chi connectivity index (χ4n) is 2.85. The van der Waals surface area contributed by atoms with E-state index in [-0.39, 0.29) is 37.7 Å². The van der Waals surface area contributed by atoms with Crippen LogP contribution in [-0.2, 0) is 10.2 Å². The van der Waals surface area contributed by atoms with Crippen molar-refractivity contribution in [1.82, 2.24) is 0 Å². The Hall–Kier alpha value is -1.86. The largest absolute Gasteiger partial charge is 0.491 e. The van der Waals surface area contributed by atoms with Gasteiger partial charge in [-0.1, -0.05) is 38.1 Å². The van der Waals surface area contributed by atoms with Gasteiger partial charge >= 0.3 is 0 Å². The molecule has 30 heavy (non-hydrogen) atoms. The number of benzene rings is 2. The number of hydrogen-bond acceptors (Lipinski definition) is 5. The average molecular weight is 440 g/mol. The predicted molar refractivity (Wildman–Crippen MR) is 116 cm³/mol. The van der Waals surface area contributed by atoms with Gasteiger partial charge in [-0.2, -0.15) is 0 Å². The lowest BCUT2D eigenvalue weighted by Gasteiger charge is -2.26. The molecule has 5 nitrogen and oxygen atoms in total. The summed E-state index contributed by atoms with van der Waals surface area (Å²) in [7, 11) is 0. The van der Waals surface area contributed by atoms with E-state index in [9.17, 15) is 14.6 Å². The number of rotatable bonds is 13. The number of ether oxygens (including phenoxy) is 3. The van der Waals surface area contributed by atoms with Crippen molar-refractivity contribution in [1.29, 1.82) is 0 Å². The van der Waals surface area contributed by atoms with Crippen molar-refractivity contribution in [2.24, 2.45) is 0 Å². The molecule has 0 saturated heterocycles. The Labute approximate surface area is 182 Å². The van der Waals surface area contributed by atoms with Gasteiger partial charge in [0.1, 0.15) is 43.6 Å². The molecule has 166 valence electrons. The number of aliphatic hydroxyl groups excluding tert-OH is 2. The third-order valence-electron chi connectivity index (χ3n) is 4.75. The van der Waals surface area contributed by atoms with Gasteiger partial charge in [0.15, 0.2) is 0 Å². The maximum absolute atomic E-state index is 12.0. The Balaban J connectivity index is 1.94. The van der Waals surface area contributed by atoms with E-state index in [1.54, 1.807) is 0 Å². The summed E-state index contributed by atoms with van der Waals surface area (Å²) in [6.07, 6.45) is -1.49. The summed E-state index contributed by atoms with van der Waals surface area (Å²) in [5, 5.41) is 19.3. The summed E-state index contributed by atoms with van der Waals surface area (Å²) in [5.74, 6) is 1.45. The van der Waals surface area contributed by atoms with Crippen molar-refractivity contribution >= 4 is 11.6 Å². The molecule has 2 N–H and O–H groups in total. The molecule has 0 aliphatic rings. The third-order valence-corrected chi connectivity index (χ3v) is 5.10. The van der Waals surface area contributed by atoms with Crippen LogP contribution < -0.4 is 9.47 Å². The van der Waals surface area contributed by atoms with Gasteiger partial charge in [0, 0.05) is 5.41 Å². The molecule has 2 atom stereocenters. The van der Waals surface area contributed by atoms with Gasteiger partial charge in [-0.05, 0) is 35.4 Å². The second kappa shape index (κ2) is 12.1. The van der Waals surface area contributed by atoms with E-state index < -0.39 is 18.9 Å². The highest BCUT2D eigenvalue weighted by molar-refractivity contribution is 6.18. The van der Waals surface area contributed by atoms with Crippen molar-refractivity contribution < 1.29 is 28.8 Å². The molecule has 0 fully saturated rings. The highest BCUT2D eigenvalue weighted by atomic mass is 35.5. The van der Waals surface area contributed by atoms with E-state index in [2.05, 4.69) is 13.8 Å². The Morgan fingerprint density at radius 1 is 0.833 bits per heavy atom. The van der Waals surface area contributed by atoms with Crippen molar-refractivity contribution in [3.05, 3.63) is 59.7 Å². The minimum atomic E-state index is -0.807. The first kappa shape index (κ1) is 24.4. The first-order valence-corrected chi connectivity index (χ1v) is 10.4. The SMILES string of the molecule is CC(C)(c1ccc(OCC(O)CCl)cc1)c1ccc(OCC(O)COCC[18F])cc1. The van der Waals surface area contributed by atoms with E-state index in [0.29, 0.717) is 11.5 Å². The van der Waals surface area contributed by atoms with Crippen LogP contribution in [0.15, 0.2) is 48.5 Å². The summed E-state index contributed by atoms with van der Waals surface area (Å²) in [4.78, 5) is 0. The molecule has 0 bridgehead atoms. The van der Waals surface area contributed by atoms with Gasteiger partial charge < -0.3 is 24.4 Å². The Morgan fingerprint density at radius 3 is 1.73 bits per heavy atom. The smallest absolute Gasteiger partial charge is 0.119 e. The van der Waals surface area contributed by atoms with E-state index in [0.717, 1.165) is 11.1 Å². The molecular formula is C23H30ClFO5. The lowest BCUT2D eigenvalue weighted by molar-refractivity contribution is 0.00842. The summed E-state index contributed by atoms with van der Waals surface area (Å²) < 4.78 is 28.0. The average Bonchev–Trinajstić information content (AvgIpc) is 2.76. The van der Waals surface area contributed by atoms with Crippen molar-refractivity contribution in [3.8, 4) is 11.5 Å². The number of alkyl halides is 2. The molecule has 0 aliphatic carbocycles. The molecule has 0 aliphatic heterocycles. The Bertz CT molecular complexity index is 736. The van der Waals surface area contributed by atoms with Crippen LogP contribution in [0.4, 0.5) is 4.39 Å². The van der Waals surface area contributed by atoms with Gasteiger partial charge in [-0.15, -0.1) is 11.6 Å². The number of hydrogen-bond donors (Lipinski definition) is 2. The van der Waals surface area contributed by atoms with Crippen molar-refractivity contribution in [2.75, 3.05) is 39.0 Å². The molecule has 7 heteroatoms. The van der Waals surface area contributed by atoms with E-state index in [1.165, 1.54) is 0 Å². The zero-order valence-corrected chi connectivity index (χ0v) is 18.1. The van der Waals surface area contributed by atoms with Gasteiger partial charge in [0.05, 0.1) is 19.1 Å². The maximum Gasteiger partial charge on any atom is 0.119 e. The van der Waals surface area contributed by atoms with E-state index in [1.807, 2.05) is 48.5 Å². The van der Waals surface area contributed by atoms with Crippen molar-refractivity contribution in [2.45, 2.75) is 31.5 Å². The summed E-state index contributed by atoms with van der Waals surface area (Å²) in [6, 6.07) is 15.4. The molecule has 0 amide bonds. The van der Waals surface area contributed by atoms with E-state index >= 15 is 0 Å². The first-order chi connectivity index (χ1) is 14.4. The van der Waals surface area contributed by atoms with E-state index in [4.69, 9.17) is 25.8 Å². The van der Waals surface area contributed by atoms with Crippen LogP contribution in [0.2, 0.25) is 0 Å². The Morgan fingerprint density at radius 2 is 1.30 bits per heavy atom. The highest BCUT2D eigenvalue weighted by Crippen LogP contribution is 2.33. The van der Waals surface area contributed by atoms with Crippen molar-refractivity contribution in [3.63, 3.8) is 0 Å². The standard InChI is InChI=1S/C23H30ClFO5/c1-23(2,17-3-7-21(8-4-17)29-15-19(26)13-24)18-5-9-22(10-6-18)30-16-20(27)14-28-12-11-25/h3-10,19-20,26-27H,11-16H2,1-2H3/i25-1. The normalized spacial score (nSPS) is 13.7. The maximum atomic E-state index is 12.0. The molecule has 0 heterocycles. The van der Waals surface area contributed by atoms with Crippen LogP contribution in [0.5, 0.6) is 11.5 Å². The molecule has 0 saturated carbocycles. The van der Waals surface area contributed by atoms with Gasteiger partial charge in [-0.3, -0.25) is 0 Å². The first-order valence-electron chi connectivity index (χ1n) is 9.89. The number of aliphatic hydroxyl groups is 2. The second-order valence-corrected chi connectivity index (χ2v) is 7.83. The predicted octanol–water partition coefficient (Wildman–Crippen LogP) is 3.72. The van der Waals surface area contributed by atoms with Gasteiger partial charge in [0.2, 0.25) is 0 Å². The molecule has 0 aromatic heterocycles. The zero-order chi connectivity index (χ0) is 22.0. The molecule has 2 unspecified atom stereocenters. The van der Waals surface area contributed by atoms with Crippen LogP contribution in [0.1, 0.15) is 25.0 Å². The number of halogens is 2. The summed E-state index contributed by atoms with van der Waals surface area (Å²) in [5.41, 5.74) is 1.97. The van der Waals surface area contributed by atoms with Crippen LogP contribution >= 0.6 is 11.6 Å². The monoisotopic (exact) mass is 439 g/mol. The van der Waals surface area contributed by atoms with Crippen LogP contribution in [0.3, 0.4) is 0 Å². The third kappa shape index (κ3) is 7.43. The lowest BCUT2D eigenvalue weighted by Crippen LogP contribution is -2.24. The molecule has 0 radical (unpaired) electrons. The minimum absolute atomic E-state index is 0.0245. The second-order valence-electron chi connectivity index (χ2n) is 7.52. The fraction of sp³-hybridized carbons (Fsp3) is 0.478. The van der Waals surface area contributed by atoms with Crippen LogP contribution in [0, 0.1) is 0 Å². The van der Waals surface area contributed by atoms with Gasteiger partial charge in [-0.25, -0.2) is 4.39 Å². The molecule has 2 rings (SSSR count). The van der Waals surface area contributed by atoms with Crippen LogP contribution in [0.25, 0.3) is 0 Å². The quantitative estimate of drug-likeness (QED) is 0.368. The lowest BCUT2D eigenvalue weighted by atomic mass is 9.78.